The number of alkyl halides is 1. The van der Waals surface area contributed by atoms with Gasteiger partial charge in [0.05, 0.1) is 6.10 Å². The lowest BCUT2D eigenvalue weighted by Crippen LogP contribution is -2.23. The van der Waals surface area contributed by atoms with E-state index in [0.717, 1.165) is 31.4 Å². The second kappa shape index (κ2) is 11.6. The van der Waals surface area contributed by atoms with E-state index in [0.29, 0.717) is 12.8 Å². The van der Waals surface area contributed by atoms with Gasteiger partial charge in [-0.1, -0.05) is 26.7 Å². The van der Waals surface area contributed by atoms with Gasteiger partial charge >= 0.3 is 5.97 Å². The highest BCUT2D eigenvalue weighted by Gasteiger charge is 2.20. The average molecular weight is 292 g/mol. The summed E-state index contributed by atoms with van der Waals surface area (Å²) in [7, 11) is 0. The Bertz CT molecular complexity index is 234. The first kappa shape index (κ1) is 18.8. The van der Waals surface area contributed by atoms with Gasteiger partial charge in [-0.15, -0.1) is 11.8 Å². The molecule has 2 atom stereocenters. The van der Waals surface area contributed by atoms with Crippen LogP contribution in [0.3, 0.4) is 0 Å². The van der Waals surface area contributed by atoms with Gasteiger partial charge in [0.25, 0.3) is 0 Å². The number of carbonyl (C=O) groups is 1. The first-order valence-corrected chi connectivity index (χ1v) is 8.52. The van der Waals surface area contributed by atoms with E-state index in [4.69, 9.17) is 4.74 Å². The van der Waals surface area contributed by atoms with Crippen LogP contribution in [0.2, 0.25) is 0 Å². The zero-order valence-corrected chi connectivity index (χ0v) is 13.6. The summed E-state index contributed by atoms with van der Waals surface area (Å²) in [4.78, 5) is 11.9. The molecule has 2 unspecified atom stereocenters. The van der Waals surface area contributed by atoms with Crippen molar-refractivity contribution in [3.63, 3.8) is 0 Å². The predicted molar refractivity (Wildman–Crippen MR) is 81.4 cm³/mol. The van der Waals surface area contributed by atoms with Crippen LogP contribution in [0, 0.1) is 0 Å². The molecule has 0 amide bonds. The largest absolute Gasteiger partial charge is 0.462 e. The molecule has 0 bridgehead atoms. The van der Waals surface area contributed by atoms with Crippen LogP contribution in [0.15, 0.2) is 0 Å². The Hall–Kier alpha value is -0.250. The predicted octanol–water partition coefficient (Wildman–Crippen LogP) is 4.76. The molecule has 0 saturated carbocycles. The molecule has 0 aliphatic carbocycles. The van der Waals surface area contributed by atoms with E-state index in [9.17, 15) is 9.18 Å². The van der Waals surface area contributed by atoms with Crippen LogP contribution in [0.25, 0.3) is 0 Å². The second-order valence-electron chi connectivity index (χ2n) is 5.16. The fraction of sp³-hybridized carbons (Fsp3) is 0.933. The van der Waals surface area contributed by atoms with Gasteiger partial charge in [0.15, 0.2) is 0 Å². The first-order valence-electron chi connectivity index (χ1n) is 7.47. The van der Waals surface area contributed by atoms with Crippen LogP contribution in [0.5, 0.6) is 0 Å². The van der Waals surface area contributed by atoms with E-state index < -0.39 is 6.17 Å². The van der Waals surface area contributed by atoms with E-state index in [1.807, 2.05) is 20.8 Å². The van der Waals surface area contributed by atoms with Gasteiger partial charge in [-0.3, -0.25) is 4.79 Å². The molecule has 0 aromatic heterocycles. The third-order valence-electron chi connectivity index (χ3n) is 2.75. The molecule has 0 aromatic rings. The van der Waals surface area contributed by atoms with Crippen LogP contribution in [0.4, 0.5) is 4.39 Å². The van der Waals surface area contributed by atoms with Gasteiger partial charge in [0.2, 0.25) is 0 Å². The third kappa shape index (κ3) is 10.2. The topological polar surface area (TPSA) is 26.3 Å². The van der Waals surface area contributed by atoms with Gasteiger partial charge < -0.3 is 4.74 Å². The van der Waals surface area contributed by atoms with Gasteiger partial charge in [0.1, 0.15) is 11.4 Å². The molecule has 0 N–H and O–H groups in total. The van der Waals surface area contributed by atoms with Gasteiger partial charge in [0, 0.05) is 0 Å². The Kier molecular flexibility index (Phi) is 11.4. The summed E-state index contributed by atoms with van der Waals surface area (Å²) < 4.78 is 18.6. The Morgan fingerprint density at radius 3 is 2.32 bits per heavy atom. The minimum Gasteiger partial charge on any atom is -0.462 e. The van der Waals surface area contributed by atoms with Crippen molar-refractivity contribution in [3.8, 4) is 0 Å². The summed E-state index contributed by atoms with van der Waals surface area (Å²) in [6, 6.07) is 0. The fourth-order valence-electron chi connectivity index (χ4n) is 1.83. The summed E-state index contributed by atoms with van der Waals surface area (Å²) in [5, 5.41) is -0.0864. The van der Waals surface area contributed by atoms with Gasteiger partial charge in [-0.25, -0.2) is 4.39 Å². The quantitative estimate of drug-likeness (QED) is 0.406. The van der Waals surface area contributed by atoms with E-state index >= 15 is 0 Å². The summed E-state index contributed by atoms with van der Waals surface area (Å²) in [6.45, 7) is 7.80. The van der Waals surface area contributed by atoms with E-state index in [1.165, 1.54) is 0 Å². The normalized spacial score (nSPS) is 14.4. The molecule has 114 valence electrons. The number of halogens is 1. The maximum atomic E-state index is 13.3. The number of rotatable bonds is 11. The molecule has 0 saturated heterocycles. The molecule has 19 heavy (non-hydrogen) atoms. The van der Waals surface area contributed by atoms with Crippen LogP contribution < -0.4 is 0 Å². The van der Waals surface area contributed by atoms with Crippen molar-refractivity contribution in [1.29, 1.82) is 0 Å². The fourth-order valence-corrected chi connectivity index (χ4v) is 3.04. The highest BCUT2D eigenvalue weighted by molar-refractivity contribution is 8.00. The Labute approximate surface area is 121 Å². The molecular weight excluding hydrogens is 263 g/mol. The molecule has 0 rings (SSSR count). The van der Waals surface area contributed by atoms with Crippen molar-refractivity contribution >= 4 is 17.7 Å². The monoisotopic (exact) mass is 292 g/mol. The Morgan fingerprint density at radius 1 is 1.16 bits per heavy atom. The first-order chi connectivity index (χ1) is 9.01. The molecule has 0 heterocycles. The second-order valence-corrected chi connectivity index (χ2v) is 6.47. The average Bonchev–Trinajstić information content (AvgIpc) is 2.32. The minimum atomic E-state index is -0.683. The SMILES string of the molecule is CCCC(F)CCCSC(CCC)C(=O)OC(C)C. The van der Waals surface area contributed by atoms with Crippen molar-refractivity contribution < 1.29 is 13.9 Å². The number of esters is 1. The zero-order valence-electron chi connectivity index (χ0n) is 12.8. The van der Waals surface area contributed by atoms with E-state index in [-0.39, 0.29) is 17.3 Å². The van der Waals surface area contributed by atoms with E-state index in [2.05, 4.69) is 6.92 Å². The maximum absolute atomic E-state index is 13.3. The lowest BCUT2D eigenvalue weighted by atomic mass is 10.1. The van der Waals surface area contributed by atoms with Gasteiger partial charge in [-0.05, 0) is 45.3 Å². The number of hydrogen-bond donors (Lipinski definition) is 0. The van der Waals surface area contributed by atoms with Crippen molar-refractivity contribution in [2.45, 2.75) is 83.7 Å². The molecular formula is C15H29FO2S. The molecule has 2 nitrogen and oxygen atoms in total. The highest BCUT2D eigenvalue weighted by Crippen LogP contribution is 2.21. The van der Waals surface area contributed by atoms with Crippen molar-refractivity contribution in [3.05, 3.63) is 0 Å². The standard InChI is InChI=1S/C15H29FO2S/c1-5-8-13(16)10-7-11-19-14(9-6-2)15(17)18-12(3)4/h12-14H,5-11H2,1-4H3. The smallest absolute Gasteiger partial charge is 0.319 e. The van der Waals surface area contributed by atoms with Crippen LogP contribution >= 0.6 is 11.8 Å². The Balaban J connectivity index is 3.91. The molecule has 0 radical (unpaired) electrons. The van der Waals surface area contributed by atoms with Crippen LogP contribution in [-0.2, 0) is 9.53 Å². The highest BCUT2D eigenvalue weighted by atomic mass is 32.2. The summed E-state index contributed by atoms with van der Waals surface area (Å²) >= 11 is 1.62. The molecule has 0 aliphatic heterocycles. The molecule has 0 fully saturated rings. The lowest BCUT2D eigenvalue weighted by Gasteiger charge is -2.17. The van der Waals surface area contributed by atoms with E-state index in [1.54, 1.807) is 11.8 Å². The third-order valence-corrected chi connectivity index (χ3v) is 4.10. The van der Waals surface area contributed by atoms with Crippen molar-refractivity contribution in [2.75, 3.05) is 5.75 Å². The minimum absolute atomic E-state index is 0.0627. The summed E-state index contributed by atoms with van der Waals surface area (Å²) in [5.41, 5.74) is 0. The van der Waals surface area contributed by atoms with Crippen LogP contribution in [-0.4, -0.2) is 29.2 Å². The number of carbonyl (C=O) groups excluding carboxylic acids is 1. The van der Waals surface area contributed by atoms with Crippen molar-refractivity contribution in [1.82, 2.24) is 0 Å². The summed E-state index contributed by atoms with van der Waals surface area (Å²) in [6.07, 6.45) is 4.05. The lowest BCUT2D eigenvalue weighted by molar-refractivity contribution is -0.146. The maximum Gasteiger partial charge on any atom is 0.319 e. The molecule has 4 heteroatoms. The van der Waals surface area contributed by atoms with Gasteiger partial charge in [-0.2, -0.15) is 0 Å². The Morgan fingerprint density at radius 2 is 1.79 bits per heavy atom. The number of thioether (sulfide) groups is 1. The van der Waals surface area contributed by atoms with Crippen LogP contribution in [0.1, 0.15) is 66.2 Å². The zero-order chi connectivity index (χ0) is 14.7. The number of hydrogen-bond acceptors (Lipinski definition) is 3. The number of ether oxygens (including phenoxy) is 1. The molecule has 0 spiro atoms. The summed E-state index contributed by atoms with van der Waals surface area (Å²) in [5.74, 6) is 0.717. The molecule has 0 aromatic carbocycles. The molecule has 0 aliphatic rings. The van der Waals surface area contributed by atoms with Crippen molar-refractivity contribution in [2.24, 2.45) is 0 Å².